The molecule has 1 heterocycles. The summed E-state index contributed by atoms with van der Waals surface area (Å²) < 4.78 is 4.95. The van der Waals surface area contributed by atoms with Gasteiger partial charge in [0.25, 0.3) is 0 Å². The van der Waals surface area contributed by atoms with Gasteiger partial charge in [-0.1, -0.05) is 18.5 Å². The van der Waals surface area contributed by atoms with Gasteiger partial charge in [-0.2, -0.15) is 4.98 Å². The zero-order valence-corrected chi connectivity index (χ0v) is 11.7. The highest BCUT2D eigenvalue weighted by Gasteiger charge is 2.17. The maximum Gasteiger partial charge on any atom is 0.318 e. The lowest BCUT2D eigenvalue weighted by atomic mass is 10.1. The quantitative estimate of drug-likeness (QED) is 0.865. The lowest BCUT2D eigenvalue weighted by molar-refractivity contribution is -0.123. The van der Waals surface area contributed by atoms with Crippen LogP contribution in [0.1, 0.15) is 6.92 Å². The van der Waals surface area contributed by atoms with E-state index in [9.17, 15) is 4.79 Å². The van der Waals surface area contributed by atoms with E-state index in [2.05, 4.69) is 15.3 Å². The van der Waals surface area contributed by atoms with Gasteiger partial charge in [0.2, 0.25) is 5.91 Å². The van der Waals surface area contributed by atoms with Crippen molar-refractivity contribution in [1.82, 2.24) is 15.3 Å². The number of anilines is 1. The fourth-order valence-corrected chi connectivity index (χ4v) is 1.77. The van der Waals surface area contributed by atoms with E-state index in [4.69, 9.17) is 16.3 Å². The number of amides is 1. The Labute approximate surface area is 111 Å². The second-order valence-electron chi connectivity index (χ2n) is 3.92. The van der Waals surface area contributed by atoms with E-state index in [0.717, 1.165) is 0 Å². The highest BCUT2D eigenvalue weighted by Crippen LogP contribution is 2.23. The third-order valence-corrected chi connectivity index (χ3v) is 2.76. The number of carbonyl (C=O) groups excluding carboxylic acids is 1. The number of rotatable bonds is 5. The molecular weight excluding hydrogens is 256 g/mol. The molecule has 7 heteroatoms. The first kappa shape index (κ1) is 14.5. The molecule has 6 nitrogen and oxygen atoms in total. The molecule has 1 aromatic rings. The van der Waals surface area contributed by atoms with Crippen LogP contribution in [-0.4, -0.2) is 43.6 Å². The Bertz CT molecular complexity index is 428. The molecule has 0 aromatic carbocycles. The SMILES string of the molecule is CNC(=O)C(C)CN(C)c1nc(OC)ncc1Cl. The van der Waals surface area contributed by atoms with E-state index in [1.54, 1.807) is 11.9 Å². The van der Waals surface area contributed by atoms with Gasteiger partial charge in [0.1, 0.15) is 5.02 Å². The number of ether oxygens (including phenoxy) is 1. The first-order valence-corrected chi connectivity index (χ1v) is 5.86. The fourth-order valence-electron chi connectivity index (χ4n) is 1.54. The summed E-state index contributed by atoms with van der Waals surface area (Å²) in [6, 6.07) is 0.244. The molecule has 0 aliphatic carbocycles. The van der Waals surface area contributed by atoms with Crippen molar-refractivity contribution in [3.63, 3.8) is 0 Å². The maximum absolute atomic E-state index is 11.5. The highest BCUT2D eigenvalue weighted by atomic mass is 35.5. The van der Waals surface area contributed by atoms with Crippen molar-refractivity contribution in [2.75, 3.05) is 32.6 Å². The summed E-state index contributed by atoms with van der Waals surface area (Å²) >= 11 is 6.02. The van der Waals surface area contributed by atoms with Crippen LogP contribution in [0.3, 0.4) is 0 Å². The molecule has 0 saturated heterocycles. The Balaban J connectivity index is 2.83. The summed E-state index contributed by atoms with van der Waals surface area (Å²) in [5.41, 5.74) is 0. The van der Waals surface area contributed by atoms with Gasteiger partial charge in [-0.15, -0.1) is 0 Å². The predicted molar refractivity (Wildman–Crippen MR) is 70.1 cm³/mol. The summed E-state index contributed by atoms with van der Waals surface area (Å²) in [5.74, 6) is 0.343. The van der Waals surface area contributed by atoms with Gasteiger partial charge in [-0.25, -0.2) is 4.98 Å². The zero-order valence-electron chi connectivity index (χ0n) is 10.9. The topological polar surface area (TPSA) is 67.4 Å². The van der Waals surface area contributed by atoms with E-state index in [1.165, 1.54) is 13.3 Å². The van der Waals surface area contributed by atoms with Crippen molar-refractivity contribution < 1.29 is 9.53 Å². The van der Waals surface area contributed by atoms with Gasteiger partial charge in [-0.3, -0.25) is 4.79 Å². The van der Waals surface area contributed by atoms with Crippen molar-refractivity contribution in [3.8, 4) is 6.01 Å². The van der Waals surface area contributed by atoms with Crippen LogP contribution in [0.15, 0.2) is 6.20 Å². The van der Waals surface area contributed by atoms with Crippen molar-refractivity contribution in [2.24, 2.45) is 5.92 Å². The standard InChI is InChI=1S/C11H17ClN4O2/c1-7(10(17)13-2)6-16(3)9-8(12)5-14-11(15-9)18-4/h5,7H,6H2,1-4H3,(H,13,17). The average molecular weight is 273 g/mol. The molecule has 0 fully saturated rings. The van der Waals surface area contributed by atoms with Crippen LogP contribution >= 0.6 is 11.6 Å². The summed E-state index contributed by atoms with van der Waals surface area (Å²) in [7, 11) is 4.91. The fraction of sp³-hybridized carbons (Fsp3) is 0.545. The van der Waals surface area contributed by atoms with Crippen LogP contribution in [0.4, 0.5) is 5.82 Å². The van der Waals surface area contributed by atoms with Gasteiger partial charge in [0.05, 0.1) is 19.2 Å². The zero-order chi connectivity index (χ0) is 13.7. The van der Waals surface area contributed by atoms with Gasteiger partial charge < -0.3 is 15.0 Å². The molecule has 0 aliphatic heterocycles. The molecule has 1 amide bonds. The Kier molecular flexibility index (Phi) is 5.15. The predicted octanol–water partition coefficient (Wildman–Crippen LogP) is 0.957. The van der Waals surface area contributed by atoms with Crippen molar-refractivity contribution in [1.29, 1.82) is 0 Å². The van der Waals surface area contributed by atoms with E-state index in [-0.39, 0.29) is 17.8 Å². The molecule has 0 aliphatic rings. The van der Waals surface area contributed by atoms with E-state index < -0.39 is 0 Å². The number of carbonyl (C=O) groups is 1. The van der Waals surface area contributed by atoms with Crippen molar-refractivity contribution >= 4 is 23.3 Å². The third-order valence-electron chi connectivity index (χ3n) is 2.49. The molecule has 18 heavy (non-hydrogen) atoms. The number of hydrogen-bond acceptors (Lipinski definition) is 5. The van der Waals surface area contributed by atoms with Crippen molar-refractivity contribution in [3.05, 3.63) is 11.2 Å². The lowest BCUT2D eigenvalue weighted by Gasteiger charge is -2.22. The number of nitrogens with one attached hydrogen (secondary N) is 1. The maximum atomic E-state index is 11.5. The Morgan fingerprint density at radius 1 is 1.67 bits per heavy atom. The van der Waals surface area contributed by atoms with Gasteiger partial charge in [0, 0.05) is 20.6 Å². The number of methoxy groups -OCH3 is 1. The highest BCUT2D eigenvalue weighted by molar-refractivity contribution is 6.32. The molecule has 1 aromatic heterocycles. The largest absolute Gasteiger partial charge is 0.467 e. The molecule has 1 unspecified atom stereocenters. The van der Waals surface area contributed by atoms with E-state index in [1.807, 2.05) is 14.0 Å². The Morgan fingerprint density at radius 2 is 2.33 bits per heavy atom. The summed E-state index contributed by atoms with van der Waals surface area (Å²) in [6.07, 6.45) is 1.48. The molecule has 1 N–H and O–H groups in total. The summed E-state index contributed by atoms with van der Waals surface area (Å²) in [4.78, 5) is 21.3. The first-order chi connectivity index (χ1) is 8.49. The minimum atomic E-state index is -0.169. The molecule has 0 radical (unpaired) electrons. The van der Waals surface area contributed by atoms with Crippen LogP contribution in [0.2, 0.25) is 5.02 Å². The van der Waals surface area contributed by atoms with E-state index in [0.29, 0.717) is 17.4 Å². The number of nitrogens with zero attached hydrogens (tertiary/aromatic N) is 3. The molecule has 1 rings (SSSR count). The minimum Gasteiger partial charge on any atom is -0.467 e. The molecule has 1 atom stereocenters. The summed E-state index contributed by atoms with van der Waals surface area (Å²) in [6.45, 7) is 2.33. The van der Waals surface area contributed by atoms with Crippen LogP contribution in [0.5, 0.6) is 6.01 Å². The smallest absolute Gasteiger partial charge is 0.318 e. The summed E-state index contributed by atoms with van der Waals surface area (Å²) in [5, 5.41) is 3.02. The van der Waals surface area contributed by atoms with E-state index >= 15 is 0 Å². The van der Waals surface area contributed by atoms with Crippen LogP contribution in [0.25, 0.3) is 0 Å². The van der Waals surface area contributed by atoms with Crippen LogP contribution < -0.4 is 15.0 Å². The normalized spacial score (nSPS) is 11.8. The van der Waals surface area contributed by atoms with Gasteiger partial charge in [0.15, 0.2) is 5.82 Å². The van der Waals surface area contributed by atoms with Crippen molar-refractivity contribution in [2.45, 2.75) is 6.92 Å². The molecule has 0 bridgehead atoms. The number of aromatic nitrogens is 2. The van der Waals surface area contributed by atoms with Gasteiger partial charge in [-0.05, 0) is 0 Å². The van der Waals surface area contributed by atoms with Crippen LogP contribution in [-0.2, 0) is 4.79 Å². The third kappa shape index (κ3) is 3.46. The van der Waals surface area contributed by atoms with Gasteiger partial charge >= 0.3 is 6.01 Å². The average Bonchev–Trinajstić information content (AvgIpc) is 2.38. The minimum absolute atomic E-state index is 0.0287. The number of hydrogen-bond donors (Lipinski definition) is 1. The first-order valence-electron chi connectivity index (χ1n) is 5.48. The molecule has 0 saturated carbocycles. The Morgan fingerprint density at radius 3 is 2.89 bits per heavy atom. The lowest BCUT2D eigenvalue weighted by Crippen LogP contribution is -2.34. The number of halogens is 1. The molecule has 0 spiro atoms. The molecule has 100 valence electrons. The molecular formula is C11H17ClN4O2. The Hall–Kier alpha value is -1.56. The van der Waals surface area contributed by atoms with Crippen LogP contribution in [0, 0.1) is 5.92 Å². The second kappa shape index (κ2) is 6.39. The second-order valence-corrected chi connectivity index (χ2v) is 4.33. The monoisotopic (exact) mass is 272 g/mol.